The molecule has 1 fully saturated rings. The Morgan fingerprint density at radius 1 is 1.17 bits per heavy atom. The van der Waals surface area contributed by atoms with Crippen molar-refractivity contribution in [2.45, 2.75) is 26.9 Å². The van der Waals surface area contributed by atoms with Gasteiger partial charge in [-0.25, -0.2) is 0 Å². The molecule has 1 saturated heterocycles. The Morgan fingerprint density at radius 2 is 1.96 bits per heavy atom. The molecule has 2 heterocycles. The number of carbonyl (C=O) groups is 1. The summed E-state index contributed by atoms with van der Waals surface area (Å²) in [5, 5.41) is 0. The molecule has 0 atom stereocenters. The van der Waals surface area contributed by atoms with Crippen LogP contribution in [-0.4, -0.2) is 55.2 Å². The summed E-state index contributed by atoms with van der Waals surface area (Å²) < 4.78 is 11.2. The minimum absolute atomic E-state index is 0.0214. The van der Waals surface area contributed by atoms with Crippen LogP contribution in [0.1, 0.15) is 25.0 Å². The molecule has 0 spiro atoms. The Bertz CT molecular complexity index is 553. The number of fused-ring (bicyclic) bond motifs is 1. The Balaban J connectivity index is 1.73. The Labute approximate surface area is 138 Å². The lowest BCUT2D eigenvalue weighted by Crippen LogP contribution is -2.36. The third kappa shape index (κ3) is 4.03. The maximum atomic E-state index is 12.3. The third-order valence-electron chi connectivity index (χ3n) is 4.42. The van der Waals surface area contributed by atoms with Crippen LogP contribution in [-0.2, 0) is 22.6 Å². The summed E-state index contributed by atoms with van der Waals surface area (Å²) in [5.41, 5.74) is 2.38. The van der Waals surface area contributed by atoms with Gasteiger partial charge in [-0.3, -0.25) is 9.69 Å². The monoisotopic (exact) mass is 318 g/mol. The van der Waals surface area contributed by atoms with Crippen LogP contribution in [0.4, 0.5) is 0 Å². The van der Waals surface area contributed by atoms with E-state index >= 15 is 0 Å². The second-order valence-corrected chi connectivity index (χ2v) is 6.59. The van der Waals surface area contributed by atoms with E-state index in [4.69, 9.17) is 9.47 Å². The van der Waals surface area contributed by atoms with Gasteiger partial charge in [-0.1, -0.05) is 19.9 Å². The van der Waals surface area contributed by atoms with Gasteiger partial charge in [0, 0.05) is 37.7 Å². The number of nitrogens with zero attached hydrogens (tertiary/aromatic N) is 2. The van der Waals surface area contributed by atoms with E-state index in [1.807, 2.05) is 18.7 Å². The molecule has 0 N–H and O–H groups in total. The summed E-state index contributed by atoms with van der Waals surface area (Å²) in [7, 11) is 0. The SMILES string of the molecule is CC(C)C(=O)N1CCOc2ccc(CN3CCOCC3)cc2C1. The summed E-state index contributed by atoms with van der Waals surface area (Å²) in [6.45, 7) is 10.3. The van der Waals surface area contributed by atoms with Crippen LogP contribution in [0.25, 0.3) is 0 Å². The van der Waals surface area contributed by atoms with Crippen LogP contribution in [0.5, 0.6) is 5.75 Å². The second-order valence-electron chi connectivity index (χ2n) is 6.59. The first-order valence-corrected chi connectivity index (χ1v) is 8.47. The molecule has 0 bridgehead atoms. The highest BCUT2D eigenvalue weighted by Crippen LogP contribution is 2.25. The fourth-order valence-corrected chi connectivity index (χ4v) is 3.12. The van der Waals surface area contributed by atoms with Gasteiger partial charge in [0.15, 0.2) is 0 Å². The Hall–Kier alpha value is -1.59. The highest BCUT2D eigenvalue weighted by Gasteiger charge is 2.22. The highest BCUT2D eigenvalue weighted by atomic mass is 16.5. The van der Waals surface area contributed by atoms with E-state index in [1.54, 1.807) is 0 Å². The molecule has 0 radical (unpaired) electrons. The lowest BCUT2D eigenvalue weighted by Gasteiger charge is -2.27. The predicted molar refractivity (Wildman–Crippen MR) is 88.3 cm³/mol. The van der Waals surface area contributed by atoms with E-state index in [1.165, 1.54) is 5.56 Å². The van der Waals surface area contributed by atoms with Crippen LogP contribution >= 0.6 is 0 Å². The topological polar surface area (TPSA) is 42.0 Å². The van der Waals surface area contributed by atoms with Gasteiger partial charge in [-0.2, -0.15) is 0 Å². The maximum Gasteiger partial charge on any atom is 0.225 e. The van der Waals surface area contributed by atoms with E-state index in [0.717, 1.165) is 44.2 Å². The van der Waals surface area contributed by atoms with Crippen LogP contribution in [0.15, 0.2) is 18.2 Å². The first-order chi connectivity index (χ1) is 11.1. The molecule has 126 valence electrons. The van der Waals surface area contributed by atoms with Gasteiger partial charge < -0.3 is 14.4 Å². The summed E-state index contributed by atoms with van der Waals surface area (Å²) in [6, 6.07) is 6.37. The average molecular weight is 318 g/mol. The quantitative estimate of drug-likeness (QED) is 0.853. The minimum Gasteiger partial charge on any atom is -0.491 e. The number of benzene rings is 1. The van der Waals surface area contributed by atoms with Gasteiger partial charge in [0.1, 0.15) is 12.4 Å². The van der Waals surface area contributed by atoms with Crippen LogP contribution in [0.3, 0.4) is 0 Å². The van der Waals surface area contributed by atoms with Crippen molar-refractivity contribution in [3.05, 3.63) is 29.3 Å². The van der Waals surface area contributed by atoms with Gasteiger partial charge in [0.25, 0.3) is 0 Å². The fourth-order valence-electron chi connectivity index (χ4n) is 3.12. The van der Waals surface area contributed by atoms with Crippen LogP contribution < -0.4 is 4.74 Å². The average Bonchev–Trinajstić information content (AvgIpc) is 2.77. The highest BCUT2D eigenvalue weighted by molar-refractivity contribution is 5.78. The Morgan fingerprint density at radius 3 is 2.70 bits per heavy atom. The van der Waals surface area contributed by atoms with E-state index in [9.17, 15) is 4.79 Å². The standard InChI is InChI=1S/C18H26N2O3/c1-14(2)18(21)20-7-10-23-17-4-3-15(11-16(17)13-20)12-19-5-8-22-9-6-19/h3-4,11,14H,5-10,12-13H2,1-2H3. The van der Waals surface area contributed by atoms with Gasteiger partial charge in [0.2, 0.25) is 5.91 Å². The van der Waals surface area contributed by atoms with Gasteiger partial charge >= 0.3 is 0 Å². The molecular weight excluding hydrogens is 292 g/mol. The smallest absolute Gasteiger partial charge is 0.225 e. The summed E-state index contributed by atoms with van der Waals surface area (Å²) in [6.07, 6.45) is 0. The molecule has 2 aliphatic heterocycles. The van der Waals surface area contributed by atoms with Crippen molar-refractivity contribution in [2.24, 2.45) is 5.92 Å². The molecule has 2 aliphatic rings. The van der Waals surface area contributed by atoms with Crippen molar-refractivity contribution in [1.82, 2.24) is 9.80 Å². The molecule has 5 nitrogen and oxygen atoms in total. The first-order valence-electron chi connectivity index (χ1n) is 8.47. The molecule has 5 heteroatoms. The zero-order valence-electron chi connectivity index (χ0n) is 14.1. The molecule has 0 aliphatic carbocycles. The zero-order valence-corrected chi connectivity index (χ0v) is 14.1. The molecule has 0 unspecified atom stereocenters. The lowest BCUT2D eigenvalue weighted by molar-refractivity contribution is -0.135. The molecule has 3 rings (SSSR count). The van der Waals surface area contributed by atoms with Gasteiger partial charge in [0.05, 0.1) is 19.8 Å². The van der Waals surface area contributed by atoms with Crippen molar-refractivity contribution >= 4 is 5.91 Å². The summed E-state index contributed by atoms with van der Waals surface area (Å²) >= 11 is 0. The van der Waals surface area contributed by atoms with Gasteiger partial charge in [-0.05, 0) is 17.7 Å². The van der Waals surface area contributed by atoms with E-state index in [0.29, 0.717) is 19.7 Å². The molecule has 1 aromatic carbocycles. The van der Waals surface area contributed by atoms with E-state index < -0.39 is 0 Å². The van der Waals surface area contributed by atoms with Crippen molar-refractivity contribution in [1.29, 1.82) is 0 Å². The van der Waals surface area contributed by atoms with E-state index in [-0.39, 0.29) is 11.8 Å². The Kier molecular flexibility index (Phi) is 5.18. The van der Waals surface area contributed by atoms with Crippen LogP contribution in [0.2, 0.25) is 0 Å². The van der Waals surface area contributed by atoms with Crippen molar-refractivity contribution < 1.29 is 14.3 Å². The van der Waals surface area contributed by atoms with E-state index in [2.05, 4.69) is 23.1 Å². The lowest BCUT2D eigenvalue weighted by atomic mass is 10.1. The normalized spacial score (nSPS) is 19.2. The minimum atomic E-state index is 0.0214. The number of morpholine rings is 1. The summed E-state index contributed by atoms with van der Waals surface area (Å²) in [4.78, 5) is 16.6. The van der Waals surface area contributed by atoms with Crippen molar-refractivity contribution in [3.8, 4) is 5.75 Å². The second kappa shape index (κ2) is 7.32. The molecule has 1 amide bonds. The third-order valence-corrected chi connectivity index (χ3v) is 4.42. The number of ether oxygens (including phenoxy) is 2. The zero-order chi connectivity index (χ0) is 16.2. The number of rotatable bonds is 3. The van der Waals surface area contributed by atoms with Crippen LogP contribution in [0, 0.1) is 5.92 Å². The number of carbonyl (C=O) groups excluding carboxylic acids is 1. The number of hydrogen-bond donors (Lipinski definition) is 0. The molecule has 0 saturated carbocycles. The molecule has 23 heavy (non-hydrogen) atoms. The van der Waals surface area contributed by atoms with Crippen molar-refractivity contribution in [3.63, 3.8) is 0 Å². The summed E-state index contributed by atoms with van der Waals surface area (Å²) in [5.74, 6) is 1.13. The number of amides is 1. The predicted octanol–water partition coefficient (Wildman–Crippen LogP) is 1.90. The fraction of sp³-hybridized carbons (Fsp3) is 0.611. The molecule has 1 aromatic rings. The first kappa shape index (κ1) is 16.3. The largest absolute Gasteiger partial charge is 0.491 e. The van der Waals surface area contributed by atoms with Crippen molar-refractivity contribution in [2.75, 3.05) is 39.5 Å². The molecule has 0 aromatic heterocycles. The molecular formula is C18H26N2O3. The number of hydrogen-bond acceptors (Lipinski definition) is 4. The maximum absolute atomic E-state index is 12.3. The van der Waals surface area contributed by atoms with Gasteiger partial charge in [-0.15, -0.1) is 0 Å².